The Kier molecular flexibility index (Phi) is 3.63. The normalized spacial score (nSPS) is 24.1. The van der Waals surface area contributed by atoms with Gasteiger partial charge in [-0.05, 0) is 6.92 Å². The Morgan fingerprint density at radius 2 is 2.44 bits per heavy atom. The molecule has 2 heterocycles. The molecule has 0 radical (unpaired) electrons. The number of carbonyl (C=O) groups is 1. The molecular weight excluding hydrogens is 262 g/mol. The number of nitrogens with zero attached hydrogens (tertiary/aromatic N) is 2. The van der Waals surface area contributed by atoms with Crippen LogP contribution < -0.4 is 0 Å². The summed E-state index contributed by atoms with van der Waals surface area (Å²) in [6.07, 6.45) is -0.293. The predicted molar refractivity (Wildman–Crippen MR) is 63.1 cm³/mol. The number of carboxylic acids is 1. The summed E-state index contributed by atoms with van der Waals surface area (Å²) >= 11 is 1.25. The first-order valence-electron chi connectivity index (χ1n) is 5.67. The fraction of sp³-hybridized carbons (Fsp3) is 0.636. The summed E-state index contributed by atoms with van der Waals surface area (Å²) in [7, 11) is 0. The SMILES string of the molecule is CC1CC(F)(F)CCN1Cc1nc(C(=O)O)cs1. The minimum absolute atomic E-state index is 0.0185. The largest absolute Gasteiger partial charge is 0.476 e. The third kappa shape index (κ3) is 3.02. The van der Waals surface area contributed by atoms with E-state index in [0.717, 1.165) is 0 Å². The highest BCUT2D eigenvalue weighted by Crippen LogP contribution is 2.32. The van der Waals surface area contributed by atoms with Crippen molar-refractivity contribution in [2.75, 3.05) is 6.54 Å². The van der Waals surface area contributed by atoms with Crippen LogP contribution in [0.4, 0.5) is 8.78 Å². The first-order valence-corrected chi connectivity index (χ1v) is 6.55. The Hall–Kier alpha value is -1.08. The third-order valence-electron chi connectivity index (χ3n) is 3.09. The molecule has 0 amide bonds. The van der Waals surface area contributed by atoms with E-state index in [4.69, 9.17) is 5.11 Å². The Balaban J connectivity index is 1.99. The first-order chi connectivity index (χ1) is 8.37. The van der Waals surface area contributed by atoms with Gasteiger partial charge in [-0.15, -0.1) is 11.3 Å². The van der Waals surface area contributed by atoms with Crippen LogP contribution in [0, 0.1) is 0 Å². The number of hydrogen-bond donors (Lipinski definition) is 1. The van der Waals surface area contributed by atoms with Crippen molar-refractivity contribution in [3.63, 3.8) is 0 Å². The zero-order valence-electron chi connectivity index (χ0n) is 9.90. The van der Waals surface area contributed by atoms with Crippen molar-refractivity contribution in [2.45, 2.75) is 38.3 Å². The van der Waals surface area contributed by atoms with Crippen LogP contribution >= 0.6 is 11.3 Å². The van der Waals surface area contributed by atoms with E-state index in [-0.39, 0.29) is 24.6 Å². The molecule has 1 atom stereocenters. The number of thiazole rings is 1. The highest BCUT2D eigenvalue weighted by Gasteiger charge is 2.38. The Morgan fingerprint density at radius 3 is 3.00 bits per heavy atom. The van der Waals surface area contributed by atoms with Gasteiger partial charge in [0, 0.05) is 30.8 Å². The quantitative estimate of drug-likeness (QED) is 0.921. The standard InChI is InChI=1S/C11H14F2N2O2S/c1-7-4-11(12,13)2-3-15(7)5-9-14-8(6-18-9)10(16)17/h6-7H,2-5H2,1H3,(H,16,17). The van der Waals surface area contributed by atoms with Crippen molar-refractivity contribution in [1.82, 2.24) is 9.88 Å². The lowest BCUT2D eigenvalue weighted by Crippen LogP contribution is -2.44. The maximum absolute atomic E-state index is 13.2. The molecule has 1 unspecified atom stereocenters. The summed E-state index contributed by atoms with van der Waals surface area (Å²) < 4.78 is 26.3. The molecule has 1 saturated heterocycles. The number of hydrogen-bond acceptors (Lipinski definition) is 4. The van der Waals surface area contributed by atoms with Crippen molar-refractivity contribution in [2.24, 2.45) is 0 Å². The van der Waals surface area contributed by atoms with Gasteiger partial charge in [0.25, 0.3) is 5.92 Å². The van der Waals surface area contributed by atoms with Gasteiger partial charge in [-0.3, -0.25) is 4.90 Å². The summed E-state index contributed by atoms with van der Waals surface area (Å²) in [5, 5.41) is 10.9. The predicted octanol–water partition coefficient (Wildman–Crippen LogP) is 2.46. The van der Waals surface area contributed by atoms with Gasteiger partial charge in [0.2, 0.25) is 0 Å². The van der Waals surface area contributed by atoms with Crippen molar-refractivity contribution >= 4 is 17.3 Å². The zero-order valence-corrected chi connectivity index (χ0v) is 10.7. The van der Waals surface area contributed by atoms with E-state index < -0.39 is 11.9 Å². The molecule has 1 fully saturated rings. The highest BCUT2D eigenvalue weighted by atomic mass is 32.1. The van der Waals surface area contributed by atoms with Gasteiger partial charge < -0.3 is 5.11 Å². The second kappa shape index (κ2) is 4.89. The minimum Gasteiger partial charge on any atom is -0.476 e. The maximum atomic E-state index is 13.2. The molecule has 1 aromatic rings. The molecule has 1 aliphatic heterocycles. The number of carboxylic acid groups (broad SMARTS) is 1. The summed E-state index contributed by atoms with van der Waals surface area (Å²) in [5.41, 5.74) is 0.0185. The monoisotopic (exact) mass is 276 g/mol. The molecule has 18 heavy (non-hydrogen) atoms. The smallest absolute Gasteiger partial charge is 0.355 e. The molecule has 0 saturated carbocycles. The summed E-state index contributed by atoms with van der Waals surface area (Å²) in [6.45, 7) is 2.52. The second-order valence-electron chi connectivity index (χ2n) is 4.56. The first kappa shape index (κ1) is 13.4. The topological polar surface area (TPSA) is 53.4 Å². The second-order valence-corrected chi connectivity index (χ2v) is 5.50. The fourth-order valence-electron chi connectivity index (χ4n) is 2.08. The van der Waals surface area contributed by atoms with Gasteiger partial charge >= 0.3 is 5.97 Å². The molecule has 0 bridgehead atoms. The van der Waals surface area contributed by atoms with Crippen LogP contribution in [0.15, 0.2) is 5.38 Å². The minimum atomic E-state index is -2.58. The van der Waals surface area contributed by atoms with Crippen LogP contribution in [0.1, 0.15) is 35.3 Å². The van der Waals surface area contributed by atoms with E-state index >= 15 is 0 Å². The van der Waals surface area contributed by atoms with Gasteiger partial charge in [0.15, 0.2) is 5.69 Å². The summed E-state index contributed by atoms with van der Waals surface area (Å²) in [4.78, 5) is 16.6. The van der Waals surface area contributed by atoms with Crippen LogP contribution in [0.3, 0.4) is 0 Å². The molecule has 7 heteroatoms. The number of alkyl halides is 2. The van der Waals surface area contributed by atoms with Crippen LogP contribution in [0.2, 0.25) is 0 Å². The Labute approximate surface area is 107 Å². The van der Waals surface area contributed by atoms with E-state index in [2.05, 4.69) is 4.98 Å². The number of halogens is 2. The van der Waals surface area contributed by atoms with E-state index in [1.165, 1.54) is 16.7 Å². The van der Waals surface area contributed by atoms with Gasteiger partial charge in [0.05, 0.1) is 6.54 Å². The van der Waals surface area contributed by atoms with Gasteiger partial charge in [-0.1, -0.05) is 0 Å². The Bertz CT molecular complexity index is 450. The number of likely N-dealkylation sites (tertiary alicyclic amines) is 1. The Morgan fingerprint density at radius 1 is 1.72 bits per heavy atom. The molecule has 2 rings (SSSR count). The van der Waals surface area contributed by atoms with Crippen molar-refractivity contribution in [1.29, 1.82) is 0 Å². The fourth-order valence-corrected chi connectivity index (χ4v) is 2.87. The van der Waals surface area contributed by atoms with E-state index in [0.29, 0.717) is 18.1 Å². The van der Waals surface area contributed by atoms with Gasteiger partial charge in [0.1, 0.15) is 5.01 Å². The number of piperidine rings is 1. The molecule has 0 spiro atoms. The van der Waals surface area contributed by atoms with Crippen molar-refractivity contribution in [3.05, 3.63) is 16.1 Å². The van der Waals surface area contributed by atoms with E-state index in [9.17, 15) is 13.6 Å². The third-order valence-corrected chi connectivity index (χ3v) is 3.92. The lowest BCUT2D eigenvalue weighted by molar-refractivity contribution is -0.0765. The highest BCUT2D eigenvalue weighted by molar-refractivity contribution is 7.09. The molecule has 0 aromatic carbocycles. The van der Waals surface area contributed by atoms with Crippen LogP contribution in [0.5, 0.6) is 0 Å². The molecule has 1 aromatic heterocycles. The van der Waals surface area contributed by atoms with Crippen LogP contribution in [-0.2, 0) is 6.54 Å². The maximum Gasteiger partial charge on any atom is 0.355 e. The zero-order chi connectivity index (χ0) is 13.3. The lowest BCUT2D eigenvalue weighted by atomic mass is 10.00. The van der Waals surface area contributed by atoms with Crippen LogP contribution in [-0.4, -0.2) is 39.5 Å². The summed E-state index contributed by atoms with van der Waals surface area (Å²) in [5.74, 6) is -3.64. The molecule has 1 aliphatic rings. The average molecular weight is 276 g/mol. The number of aromatic carboxylic acids is 1. The van der Waals surface area contributed by atoms with Crippen molar-refractivity contribution in [3.8, 4) is 0 Å². The molecule has 100 valence electrons. The van der Waals surface area contributed by atoms with Gasteiger partial charge in [-0.2, -0.15) is 0 Å². The number of rotatable bonds is 3. The number of aromatic nitrogens is 1. The summed E-state index contributed by atoms with van der Waals surface area (Å²) in [6, 6.07) is -0.217. The lowest BCUT2D eigenvalue weighted by Gasteiger charge is -2.36. The molecule has 4 nitrogen and oxygen atoms in total. The van der Waals surface area contributed by atoms with Gasteiger partial charge in [-0.25, -0.2) is 18.6 Å². The van der Waals surface area contributed by atoms with Crippen molar-refractivity contribution < 1.29 is 18.7 Å². The average Bonchev–Trinajstić information content (AvgIpc) is 2.70. The molecule has 0 aliphatic carbocycles. The van der Waals surface area contributed by atoms with Crippen LogP contribution in [0.25, 0.3) is 0 Å². The molecule has 1 N–H and O–H groups in total. The van der Waals surface area contributed by atoms with E-state index in [1.54, 1.807) is 6.92 Å². The molecular formula is C11H14F2N2O2S. The van der Waals surface area contributed by atoms with E-state index in [1.807, 2.05) is 4.90 Å².